The Morgan fingerprint density at radius 3 is 3.00 bits per heavy atom. The molecule has 0 spiro atoms. The van der Waals surface area contributed by atoms with Gasteiger partial charge < -0.3 is 5.32 Å². The number of hydrogen-bond acceptors (Lipinski definition) is 5. The summed E-state index contributed by atoms with van der Waals surface area (Å²) in [4.78, 5) is 13.2. The van der Waals surface area contributed by atoms with E-state index in [0.717, 1.165) is 12.8 Å². The second-order valence-corrected chi connectivity index (χ2v) is 7.07. The Balaban J connectivity index is 1.68. The van der Waals surface area contributed by atoms with Crippen LogP contribution in [0.1, 0.15) is 44.6 Å². The van der Waals surface area contributed by atoms with Crippen LogP contribution in [0.2, 0.25) is 0 Å². The van der Waals surface area contributed by atoms with Gasteiger partial charge in [0.1, 0.15) is 34.6 Å². The van der Waals surface area contributed by atoms with Gasteiger partial charge in [0.05, 0.1) is 12.4 Å². The molecule has 138 valence electrons. The van der Waals surface area contributed by atoms with E-state index in [9.17, 15) is 9.65 Å². The fourth-order valence-electron chi connectivity index (χ4n) is 3.80. The van der Waals surface area contributed by atoms with Gasteiger partial charge in [-0.2, -0.15) is 5.26 Å². The average Bonchev–Trinajstić information content (AvgIpc) is 3.11. The van der Waals surface area contributed by atoms with Crippen molar-refractivity contribution in [3.05, 3.63) is 42.1 Å². The predicted octanol–water partition coefficient (Wildman–Crippen LogP) is 4.18. The summed E-state index contributed by atoms with van der Waals surface area (Å²) in [5.74, 6) is 1.31. The lowest BCUT2D eigenvalue weighted by Crippen LogP contribution is -2.28. The van der Waals surface area contributed by atoms with Gasteiger partial charge in [-0.15, -0.1) is 0 Å². The lowest BCUT2D eigenvalue weighted by Gasteiger charge is -2.29. The van der Waals surface area contributed by atoms with Crippen LogP contribution in [0.15, 0.2) is 30.7 Å². The molecule has 7 heteroatoms. The molecule has 1 aliphatic rings. The Morgan fingerprint density at radius 1 is 1.30 bits per heavy atom. The van der Waals surface area contributed by atoms with E-state index < -0.39 is 0 Å². The first-order valence-electron chi connectivity index (χ1n) is 9.34. The number of imidazole rings is 1. The number of aromatic nitrogens is 4. The largest absolute Gasteiger partial charge is 0.366 e. The number of pyridine rings is 1. The molecular weight excluding hydrogens is 343 g/mol. The van der Waals surface area contributed by atoms with Crippen LogP contribution in [-0.2, 0) is 0 Å². The van der Waals surface area contributed by atoms with Crippen LogP contribution in [-0.4, -0.2) is 25.4 Å². The summed E-state index contributed by atoms with van der Waals surface area (Å²) < 4.78 is 15.3. The van der Waals surface area contributed by atoms with Crippen LogP contribution in [0, 0.1) is 23.1 Å². The summed E-state index contributed by atoms with van der Waals surface area (Å²) >= 11 is 0. The van der Waals surface area contributed by atoms with Crippen molar-refractivity contribution in [2.45, 2.75) is 45.1 Å². The van der Waals surface area contributed by atoms with Crippen molar-refractivity contribution in [2.75, 3.05) is 5.32 Å². The van der Waals surface area contributed by atoms with Gasteiger partial charge >= 0.3 is 0 Å². The summed E-state index contributed by atoms with van der Waals surface area (Å²) in [5.41, 5.74) is 1.62. The molecule has 0 saturated heterocycles. The third kappa shape index (κ3) is 3.47. The minimum Gasteiger partial charge on any atom is -0.366 e. The molecule has 3 heterocycles. The Kier molecular flexibility index (Phi) is 4.71. The monoisotopic (exact) mass is 364 g/mol. The van der Waals surface area contributed by atoms with Gasteiger partial charge in [0.2, 0.25) is 0 Å². The summed E-state index contributed by atoms with van der Waals surface area (Å²) in [7, 11) is 0. The molecule has 1 aliphatic carbocycles. The SMILES string of the molecule is CCC1CCCC(Nc2nc(-c3cnc4ccc(F)cn34)ncc2C#N)C1. The molecule has 0 amide bonds. The van der Waals surface area contributed by atoms with Crippen molar-refractivity contribution in [2.24, 2.45) is 5.92 Å². The van der Waals surface area contributed by atoms with E-state index in [2.05, 4.69) is 33.3 Å². The van der Waals surface area contributed by atoms with Crippen LogP contribution in [0.3, 0.4) is 0 Å². The third-order valence-corrected chi connectivity index (χ3v) is 5.31. The van der Waals surface area contributed by atoms with Gasteiger partial charge in [-0.25, -0.2) is 19.3 Å². The number of hydrogen-bond donors (Lipinski definition) is 1. The number of nitrogens with one attached hydrogen (secondary N) is 1. The topological polar surface area (TPSA) is 78.9 Å². The van der Waals surface area contributed by atoms with Crippen molar-refractivity contribution in [3.63, 3.8) is 0 Å². The molecule has 3 aromatic heterocycles. The van der Waals surface area contributed by atoms with Gasteiger partial charge in [-0.05, 0) is 30.9 Å². The molecule has 2 unspecified atom stereocenters. The number of halogens is 1. The molecule has 3 aromatic rings. The summed E-state index contributed by atoms with van der Waals surface area (Å²) in [6.07, 6.45) is 10.3. The smallest absolute Gasteiger partial charge is 0.180 e. The van der Waals surface area contributed by atoms with E-state index in [-0.39, 0.29) is 5.82 Å². The maximum atomic E-state index is 13.6. The van der Waals surface area contributed by atoms with E-state index in [1.165, 1.54) is 37.7 Å². The molecule has 27 heavy (non-hydrogen) atoms. The van der Waals surface area contributed by atoms with Crippen LogP contribution < -0.4 is 5.32 Å². The molecule has 0 radical (unpaired) electrons. The Hall–Kier alpha value is -3.01. The zero-order chi connectivity index (χ0) is 18.8. The van der Waals surface area contributed by atoms with Gasteiger partial charge in [0.25, 0.3) is 0 Å². The minimum atomic E-state index is -0.360. The quantitative estimate of drug-likeness (QED) is 0.751. The zero-order valence-corrected chi connectivity index (χ0v) is 15.2. The fourth-order valence-corrected chi connectivity index (χ4v) is 3.80. The van der Waals surface area contributed by atoms with Gasteiger partial charge in [-0.1, -0.05) is 26.2 Å². The normalized spacial score (nSPS) is 19.7. The highest BCUT2D eigenvalue weighted by molar-refractivity contribution is 5.61. The molecule has 6 nitrogen and oxygen atoms in total. The first-order chi connectivity index (χ1) is 13.2. The lowest BCUT2D eigenvalue weighted by molar-refractivity contribution is 0.327. The Morgan fingerprint density at radius 2 is 2.19 bits per heavy atom. The fraction of sp³-hybridized carbons (Fsp3) is 0.400. The molecule has 0 bridgehead atoms. The van der Waals surface area contributed by atoms with Crippen LogP contribution in [0.25, 0.3) is 17.2 Å². The van der Waals surface area contributed by atoms with E-state index in [0.29, 0.717) is 40.5 Å². The van der Waals surface area contributed by atoms with Crippen molar-refractivity contribution >= 4 is 11.5 Å². The second kappa shape index (κ2) is 7.31. The average molecular weight is 364 g/mol. The van der Waals surface area contributed by atoms with Gasteiger partial charge in [-0.3, -0.25) is 4.40 Å². The van der Waals surface area contributed by atoms with Gasteiger partial charge in [0.15, 0.2) is 5.82 Å². The summed E-state index contributed by atoms with van der Waals surface area (Å²) in [6, 6.07) is 5.44. The molecule has 0 aromatic carbocycles. The first kappa shape index (κ1) is 17.4. The highest BCUT2D eigenvalue weighted by atomic mass is 19.1. The maximum absolute atomic E-state index is 13.6. The van der Waals surface area contributed by atoms with E-state index in [1.807, 2.05) is 0 Å². The molecule has 1 fully saturated rings. The Bertz CT molecular complexity index is 1010. The first-order valence-corrected chi connectivity index (χ1v) is 9.34. The molecule has 0 aliphatic heterocycles. The molecule has 2 atom stereocenters. The van der Waals surface area contributed by atoms with Crippen molar-refractivity contribution in [1.29, 1.82) is 5.26 Å². The molecule has 1 saturated carbocycles. The standard InChI is InChI=1S/C20H21FN6/c1-2-13-4-3-5-16(8-13)25-19-14(9-22)10-24-20(26-19)17-11-23-18-7-6-15(21)12-27(17)18/h6-7,10-13,16H,2-5,8H2,1H3,(H,24,25,26). The highest BCUT2D eigenvalue weighted by Gasteiger charge is 2.22. The summed E-state index contributed by atoms with van der Waals surface area (Å²) in [6.45, 7) is 2.22. The van der Waals surface area contributed by atoms with Crippen molar-refractivity contribution in [1.82, 2.24) is 19.4 Å². The second-order valence-electron chi connectivity index (χ2n) is 7.07. The predicted molar refractivity (Wildman–Crippen MR) is 101 cm³/mol. The number of anilines is 1. The highest BCUT2D eigenvalue weighted by Crippen LogP contribution is 2.29. The minimum absolute atomic E-state index is 0.304. The van der Waals surface area contributed by atoms with E-state index >= 15 is 0 Å². The van der Waals surface area contributed by atoms with Crippen molar-refractivity contribution in [3.8, 4) is 17.6 Å². The maximum Gasteiger partial charge on any atom is 0.180 e. The molecule has 1 N–H and O–H groups in total. The van der Waals surface area contributed by atoms with E-state index in [4.69, 9.17) is 0 Å². The molecular formula is C20H21FN6. The Labute approximate surface area is 157 Å². The number of nitriles is 1. The zero-order valence-electron chi connectivity index (χ0n) is 15.2. The lowest BCUT2D eigenvalue weighted by atomic mass is 9.84. The van der Waals surface area contributed by atoms with Crippen molar-refractivity contribution < 1.29 is 4.39 Å². The van der Waals surface area contributed by atoms with Crippen LogP contribution >= 0.6 is 0 Å². The summed E-state index contributed by atoms with van der Waals surface area (Å²) in [5, 5.41) is 12.9. The van der Waals surface area contributed by atoms with Gasteiger partial charge in [0, 0.05) is 12.2 Å². The van der Waals surface area contributed by atoms with Crippen LogP contribution in [0.4, 0.5) is 10.2 Å². The number of nitrogens with zero attached hydrogens (tertiary/aromatic N) is 5. The number of rotatable bonds is 4. The number of fused-ring (bicyclic) bond motifs is 1. The molecule has 4 rings (SSSR count). The van der Waals surface area contributed by atoms with E-state index in [1.54, 1.807) is 16.7 Å². The third-order valence-electron chi connectivity index (χ3n) is 5.31. The van der Waals surface area contributed by atoms with Crippen LogP contribution in [0.5, 0.6) is 0 Å².